The Bertz CT molecular complexity index is 1550. The van der Waals surface area contributed by atoms with Crippen molar-refractivity contribution < 1.29 is 28.5 Å². The molecule has 9 nitrogen and oxygen atoms in total. The third-order valence-electron chi connectivity index (χ3n) is 5.97. The van der Waals surface area contributed by atoms with E-state index < -0.39 is 12.0 Å². The number of hydrogen-bond donors (Lipinski definition) is 0. The second-order valence-electron chi connectivity index (χ2n) is 7.99. The number of carbonyl (C=O) groups is 1. The molecule has 0 fully saturated rings. The molecule has 0 aliphatic carbocycles. The van der Waals surface area contributed by atoms with Crippen molar-refractivity contribution in [1.82, 2.24) is 4.57 Å². The van der Waals surface area contributed by atoms with Crippen LogP contribution in [0.15, 0.2) is 57.5 Å². The number of para-hydroxylation sites is 1. The highest BCUT2D eigenvalue weighted by molar-refractivity contribution is 7.07. The van der Waals surface area contributed by atoms with E-state index in [0.29, 0.717) is 49.2 Å². The second-order valence-corrected chi connectivity index (χ2v) is 9.00. The molecule has 2 aromatic carbocycles. The maximum absolute atomic E-state index is 13.9. The number of ether oxygens (including phenoxy) is 5. The minimum Gasteiger partial charge on any atom is -0.497 e. The summed E-state index contributed by atoms with van der Waals surface area (Å²) in [5, 5.41) is 0. The smallest absolute Gasteiger partial charge is 0.338 e. The van der Waals surface area contributed by atoms with Crippen LogP contribution in [0.5, 0.6) is 23.0 Å². The van der Waals surface area contributed by atoms with Gasteiger partial charge >= 0.3 is 5.97 Å². The van der Waals surface area contributed by atoms with Gasteiger partial charge in [0.25, 0.3) is 5.56 Å². The molecule has 0 saturated heterocycles. The Labute approximate surface area is 217 Å². The summed E-state index contributed by atoms with van der Waals surface area (Å²) in [7, 11) is 6.17. The Morgan fingerprint density at radius 1 is 1.05 bits per heavy atom. The van der Waals surface area contributed by atoms with Crippen LogP contribution in [0.4, 0.5) is 0 Å². The number of thiazole rings is 1. The third-order valence-corrected chi connectivity index (χ3v) is 6.95. The molecule has 0 N–H and O–H groups in total. The fraction of sp³-hybridized carbons (Fsp3) is 0.296. The summed E-state index contributed by atoms with van der Waals surface area (Å²) in [5.41, 5.74) is 1.64. The van der Waals surface area contributed by atoms with Gasteiger partial charge in [-0.25, -0.2) is 9.79 Å². The molecule has 0 spiro atoms. The first kappa shape index (κ1) is 26.0. The molecular weight excluding hydrogens is 496 g/mol. The Hall–Kier alpha value is -4.05. The molecule has 1 unspecified atom stereocenters. The highest BCUT2D eigenvalue weighted by Gasteiger charge is 2.35. The molecule has 0 bridgehead atoms. The van der Waals surface area contributed by atoms with Gasteiger partial charge in [0, 0.05) is 11.1 Å². The Kier molecular flexibility index (Phi) is 7.68. The lowest BCUT2D eigenvalue weighted by atomic mass is 9.94. The van der Waals surface area contributed by atoms with E-state index in [1.807, 2.05) is 12.1 Å². The fourth-order valence-electron chi connectivity index (χ4n) is 4.31. The van der Waals surface area contributed by atoms with Crippen molar-refractivity contribution in [2.45, 2.75) is 19.9 Å². The maximum Gasteiger partial charge on any atom is 0.338 e. The molecule has 10 heteroatoms. The summed E-state index contributed by atoms with van der Waals surface area (Å²) >= 11 is 1.22. The van der Waals surface area contributed by atoms with E-state index in [9.17, 15) is 9.59 Å². The van der Waals surface area contributed by atoms with Crippen LogP contribution in [0.2, 0.25) is 0 Å². The third kappa shape index (κ3) is 4.72. The molecule has 0 amide bonds. The minimum atomic E-state index is -0.838. The van der Waals surface area contributed by atoms with Crippen LogP contribution < -0.4 is 33.8 Å². The molecule has 1 atom stereocenters. The van der Waals surface area contributed by atoms with Crippen LogP contribution in [0.25, 0.3) is 6.08 Å². The number of esters is 1. The Balaban J connectivity index is 2.03. The van der Waals surface area contributed by atoms with Crippen molar-refractivity contribution in [2.24, 2.45) is 4.99 Å². The number of rotatable bonds is 8. The van der Waals surface area contributed by atoms with Crippen LogP contribution in [0.3, 0.4) is 0 Å². The fourth-order valence-corrected chi connectivity index (χ4v) is 5.34. The van der Waals surface area contributed by atoms with Gasteiger partial charge in [0.1, 0.15) is 17.5 Å². The summed E-state index contributed by atoms with van der Waals surface area (Å²) in [6.07, 6.45) is 1.73. The normalized spacial score (nSPS) is 15.1. The van der Waals surface area contributed by atoms with Crippen LogP contribution in [-0.4, -0.2) is 45.6 Å². The Morgan fingerprint density at radius 2 is 1.81 bits per heavy atom. The molecule has 1 aliphatic heterocycles. The lowest BCUT2D eigenvalue weighted by Crippen LogP contribution is -2.40. The van der Waals surface area contributed by atoms with E-state index in [-0.39, 0.29) is 17.7 Å². The van der Waals surface area contributed by atoms with Crippen molar-refractivity contribution in [3.05, 3.63) is 78.5 Å². The van der Waals surface area contributed by atoms with Crippen LogP contribution in [0.1, 0.15) is 31.0 Å². The molecule has 194 valence electrons. The van der Waals surface area contributed by atoms with Gasteiger partial charge in [0.2, 0.25) is 0 Å². The van der Waals surface area contributed by atoms with E-state index in [1.165, 1.54) is 23.0 Å². The van der Waals surface area contributed by atoms with E-state index >= 15 is 0 Å². The molecular formula is C27H28N2O7S. The van der Waals surface area contributed by atoms with Crippen LogP contribution >= 0.6 is 11.3 Å². The van der Waals surface area contributed by atoms with Gasteiger partial charge < -0.3 is 23.7 Å². The van der Waals surface area contributed by atoms with E-state index in [4.69, 9.17) is 23.7 Å². The first-order valence-corrected chi connectivity index (χ1v) is 12.3. The zero-order valence-corrected chi connectivity index (χ0v) is 22.3. The van der Waals surface area contributed by atoms with E-state index in [0.717, 1.165) is 0 Å². The summed E-state index contributed by atoms with van der Waals surface area (Å²) in [6, 6.07) is 9.83. The molecule has 0 saturated carbocycles. The molecule has 2 heterocycles. The average molecular weight is 525 g/mol. The monoisotopic (exact) mass is 524 g/mol. The Morgan fingerprint density at radius 3 is 2.46 bits per heavy atom. The standard InChI is InChI=1S/C27H28N2O7S/c1-7-36-26(31)22-15(2)28-27-29(23(22)18-14-17(32-3)11-12-19(18)33-4)25(30)21(37-27)13-16-9-8-10-20(34-5)24(16)35-6/h8-14,23H,7H2,1-6H3/b21-13-. The number of nitrogens with zero attached hydrogens (tertiary/aromatic N) is 2. The molecule has 37 heavy (non-hydrogen) atoms. The molecule has 3 aromatic rings. The predicted molar refractivity (Wildman–Crippen MR) is 139 cm³/mol. The predicted octanol–water partition coefficient (Wildman–Crippen LogP) is 2.83. The van der Waals surface area contributed by atoms with E-state index in [2.05, 4.69) is 4.99 Å². The quantitative estimate of drug-likeness (QED) is 0.418. The summed E-state index contributed by atoms with van der Waals surface area (Å²) in [4.78, 5) is 32.1. The zero-order chi connectivity index (χ0) is 26.7. The van der Waals surface area contributed by atoms with Crippen molar-refractivity contribution in [2.75, 3.05) is 35.0 Å². The average Bonchev–Trinajstić information content (AvgIpc) is 3.21. The molecule has 1 aliphatic rings. The van der Waals surface area contributed by atoms with Crippen LogP contribution in [-0.2, 0) is 9.53 Å². The first-order valence-electron chi connectivity index (χ1n) is 11.5. The maximum atomic E-state index is 13.9. The number of aromatic nitrogens is 1. The summed E-state index contributed by atoms with van der Waals surface area (Å²) in [5.74, 6) is 1.54. The van der Waals surface area contributed by atoms with Crippen molar-refractivity contribution >= 4 is 23.4 Å². The van der Waals surface area contributed by atoms with Gasteiger partial charge in [0.05, 0.1) is 50.8 Å². The molecule has 0 radical (unpaired) electrons. The van der Waals surface area contributed by atoms with Gasteiger partial charge in [0.15, 0.2) is 16.3 Å². The molecule has 4 rings (SSSR count). The lowest BCUT2D eigenvalue weighted by molar-refractivity contribution is -0.139. The van der Waals surface area contributed by atoms with Gasteiger partial charge in [-0.1, -0.05) is 23.5 Å². The van der Waals surface area contributed by atoms with Gasteiger partial charge in [-0.3, -0.25) is 9.36 Å². The highest BCUT2D eigenvalue weighted by atomic mass is 32.1. The van der Waals surface area contributed by atoms with Crippen molar-refractivity contribution in [3.8, 4) is 23.0 Å². The second kappa shape index (κ2) is 10.9. The molecule has 1 aromatic heterocycles. The number of carbonyl (C=O) groups excluding carboxylic acids is 1. The topological polar surface area (TPSA) is 97.6 Å². The highest BCUT2D eigenvalue weighted by Crippen LogP contribution is 2.38. The minimum absolute atomic E-state index is 0.178. The number of fused-ring (bicyclic) bond motifs is 1. The van der Waals surface area contributed by atoms with Gasteiger partial charge in [-0.05, 0) is 44.2 Å². The van der Waals surface area contributed by atoms with Gasteiger partial charge in [-0.15, -0.1) is 0 Å². The lowest BCUT2D eigenvalue weighted by Gasteiger charge is -2.26. The van der Waals surface area contributed by atoms with Crippen molar-refractivity contribution in [1.29, 1.82) is 0 Å². The van der Waals surface area contributed by atoms with Gasteiger partial charge in [-0.2, -0.15) is 0 Å². The first-order chi connectivity index (χ1) is 17.9. The van der Waals surface area contributed by atoms with Crippen molar-refractivity contribution in [3.63, 3.8) is 0 Å². The number of benzene rings is 2. The SMILES string of the molecule is CCOC(=O)C1=C(C)N=c2s/c(=C\c3cccc(OC)c3OC)c(=O)n2C1c1cc(OC)ccc1OC. The zero-order valence-electron chi connectivity index (χ0n) is 21.5. The number of allylic oxidation sites excluding steroid dienone is 1. The van der Waals surface area contributed by atoms with E-state index in [1.54, 1.807) is 65.5 Å². The number of hydrogen-bond acceptors (Lipinski definition) is 9. The van der Waals surface area contributed by atoms with Crippen LogP contribution in [0, 0.1) is 0 Å². The largest absolute Gasteiger partial charge is 0.497 e. The summed E-state index contributed by atoms with van der Waals surface area (Å²) < 4.78 is 29.3. The number of methoxy groups -OCH3 is 4. The summed E-state index contributed by atoms with van der Waals surface area (Å²) in [6.45, 7) is 3.64.